The Morgan fingerprint density at radius 3 is 1.78 bits per heavy atom. The molecule has 0 spiro atoms. The summed E-state index contributed by atoms with van der Waals surface area (Å²) in [6.45, 7) is 5.96. The normalized spacial score (nSPS) is 14.0. The standard InChI is InChI=1S/C49H52ClN3O6/c1-32(2)29-43(53(7)48(57)58-31-40-38-21-13-11-19-36(38)37-20-12-14-22-39(37)40)47(56)52(6)44(46(55)51(4)5)30-45(54)59-49(34-17-9-8-10-18-34,35-27-25-33(3)26-28-35)41-23-15-16-24-42(41)50/h8-28,32,40,43-44H,29-31H2,1-7H3/t43-,44-,49?/m0/s1. The minimum absolute atomic E-state index is 0.00855. The van der Waals surface area contributed by atoms with Crippen LogP contribution < -0.4 is 0 Å². The first kappa shape index (κ1) is 42.7. The average molecular weight is 814 g/mol. The van der Waals surface area contributed by atoms with Crippen molar-refractivity contribution in [2.24, 2.45) is 5.92 Å². The molecule has 0 fully saturated rings. The maximum absolute atomic E-state index is 14.6. The van der Waals surface area contributed by atoms with Gasteiger partial charge in [-0.1, -0.05) is 152 Å². The summed E-state index contributed by atoms with van der Waals surface area (Å²) in [4.78, 5) is 60.9. The van der Waals surface area contributed by atoms with Crippen LogP contribution in [0.3, 0.4) is 0 Å². The van der Waals surface area contributed by atoms with Gasteiger partial charge in [0, 0.05) is 55.8 Å². The van der Waals surface area contributed by atoms with Crippen molar-refractivity contribution < 1.29 is 28.7 Å². The molecule has 1 aliphatic rings. The molecule has 3 amide bonds. The summed E-state index contributed by atoms with van der Waals surface area (Å²) in [5, 5.41) is 0.380. The van der Waals surface area contributed by atoms with Gasteiger partial charge in [-0.15, -0.1) is 0 Å². The second kappa shape index (κ2) is 18.3. The molecule has 0 aromatic heterocycles. The van der Waals surface area contributed by atoms with Crippen LogP contribution in [0.1, 0.15) is 66.0 Å². The minimum atomic E-state index is -1.51. The number of nitrogens with zero attached hydrogens (tertiary/aromatic N) is 3. The van der Waals surface area contributed by atoms with Gasteiger partial charge in [-0.05, 0) is 47.6 Å². The molecule has 59 heavy (non-hydrogen) atoms. The van der Waals surface area contributed by atoms with Gasteiger partial charge >= 0.3 is 12.1 Å². The fourth-order valence-electron chi connectivity index (χ4n) is 8.00. The molecule has 3 atom stereocenters. The molecule has 306 valence electrons. The van der Waals surface area contributed by atoms with Gasteiger partial charge < -0.3 is 19.3 Å². The maximum atomic E-state index is 14.6. The van der Waals surface area contributed by atoms with Gasteiger partial charge in [-0.2, -0.15) is 0 Å². The highest BCUT2D eigenvalue weighted by Gasteiger charge is 2.44. The van der Waals surface area contributed by atoms with E-state index >= 15 is 0 Å². The Balaban J connectivity index is 1.28. The summed E-state index contributed by atoms with van der Waals surface area (Å²) >= 11 is 6.90. The Hall–Kier alpha value is -5.93. The van der Waals surface area contributed by atoms with Crippen molar-refractivity contribution >= 4 is 35.5 Å². The predicted molar refractivity (Wildman–Crippen MR) is 231 cm³/mol. The van der Waals surface area contributed by atoms with Crippen LogP contribution in [0.2, 0.25) is 5.02 Å². The van der Waals surface area contributed by atoms with Gasteiger partial charge in [0.2, 0.25) is 11.8 Å². The number of hydrogen-bond donors (Lipinski definition) is 0. The number of amides is 3. The van der Waals surface area contributed by atoms with Crippen LogP contribution in [0.25, 0.3) is 11.1 Å². The summed E-state index contributed by atoms with van der Waals surface area (Å²) in [6, 6.07) is 38.1. The first-order valence-electron chi connectivity index (χ1n) is 19.9. The summed E-state index contributed by atoms with van der Waals surface area (Å²) in [5.41, 5.74) is 5.69. The number of rotatable bonds is 14. The number of ether oxygens (including phenoxy) is 2. The van der Waals surface area contributed by atoms with Crippen LogP contribution >= 0.6 is 11.6 Å². The Morgan fingerprint density at radius 2 is 1.20 bits per heavy atom. The van der Waals surface area contributed by atoms with Crippen molar-refractivity contribution in [3.05, 3.63) is 166 Å². The molecular weight excluding hydrogens is 762 g/mol. The van der Waals surface area contributed by atoms with E-state index in [2.05, 4.69) is 12.1 Å². The maximum Gasteiger partial charge on any atom is 0.410 e. The van der Waals surface area contributed by atoms with E-state index in [-0.39, 0.29) is 24.9 Å². The number of hydrogen-bond acceptors (Lipinski definition) is 6. The highest BCUT2D eigenvalue weighted by atomic mass is 35.5. The highest BCUT2D eigenvalue weighted by Crippen LogP contribution is 2.45. The average Bonchev–Trinajstić information content (AvgIpc) is 3.56. The van der Waals surface area contributed by atoms with Crippen molar-refractivity contribution in [2.45, 2.75) is 57.2 Å². The van der Waals surface area contributed by atoms with E-state index in [0.717, 1.165) is 27.8 Å². The monoisotopic (exact) mass is 813 g/mol. The van der Waals surface area contributed by atoms with Gasteiger partial charge in [0.25, 0.3) is 0 Å². The first-order valence-corrected chi connectivity index (χ1v) is 20.3. The van der Waals surface area contributed by atoms with Crippen molar-refractivity contribution in [3.63, 3.8) is 0 Å². The molecule has 1 unspecified atom stereocenters. The van der Waals surface area contributed by atoms with E-state index in [4.69, 9.17) is 21.1 Å². The summed E-state index contributed by atoms with van der Waals surface area (Å²) < 4.78 is 12.6. The van der Waals surface area contributed by atoms with E-state index < -0.39 is 48.0 Å². The van der Waals surface area contributed by atoms with Crippen LogP contribution in [0.15, 0.2) is 127 Å². The zero-order chi connectivity index (χ0) is 42.4. The van der Waals surface area contributed by atoms with Gasteiger partial charge in [0.15, 0.2) is 5.60 Å². The smallest absolute Gasteiger partial charge is 0.410 e. The van der Waals surface area contributed by atoms with Crippen LogP contribution in [0.5, 0.6) is 0 Å². The number of likely N-dealkylation sites (N-methyl/N-ethyl adjacent to an activating group) is 3. The van der Waals surface area contributed by atoms with Crippen molar-refractivity contribution in [3.8, 4) is 11.1 Å². The third-order valence-corrected chi connectivity index (χ3v) is 11.5. The number of benzene rings is 5. The number of aryl methyl sites for hydroxylation is 1. The fourth-order valence-corrected chi connectivity index (χ4v) is 8.27. The molecule has 1 aliphatic carbocycles. The van der Waals surface area contributed by atoms with Crippen LogP contribution in [0.4, 0.5) is 4.79 Å². The molecule has 0 saturated heterocycles. The minimum Gasteiger partial charge on any atom is -0.448 e. The molecule has 5 aromatic rings. The van der Waals surface area contributed by atoms with Crippen LogP contribution in [0, 0.1) is 12.8 Å². The molecule has 0 heterocycles. The van der Waals surface area contributed by atoms with E-state index in [0.29, 0.717) is 21.7 Å². The van der Waals surface area contributed by atoms with Gasteiger partial charge in [0.05, 0.1) is 6.42 Å². The number of esters is 1. The number of fused-ring (bicyclic) bond motifs is 3. The molecule has 6 rings (SSSR count). The Bertz CT molecular complexity index is 2250. The Kier molecular flexibility index (Phi) is 13.3. The van der Waals surface area contributed by atoms with Crippen molar-refractivity contribution in [1.82, 2.24) is 14.7 Å². The van der Waals surface area contributed by atoms with E-state index in [9.17, 15) is 19.2 Å². The number of carbonyl (C=O) groups excluding carboxylic acids is 4. The molecule has 0 bridgehead atoms. The fraction of sp³-hybridized carbons (Fsp3) is 0.306. The molecule has 9 nitrogen and oxygen atoms in total. The van der Waals surface area contributed by atoms with Crippen LogP contribution in [-0.2, 0) is 29.5 Å². The Labute approximate surface area is 352 Å². The third kappa shape index (κ3) is 8.91. The van der Waals surface area contributed by atoms with E-state index in [1.807, 2.05) is 124 Å². The van der Waals surface area contributed by atoms with Gasteiger partial charge in [0.1, 0.15) is 18.7 Å². The lowest BCUT2D eigenvalue weighted by Gasteiger charge is -2.38. The summed E-state index contributed by atoms with van der Waals surface area (Å²) in [5.74, 6) is -1.90. The Morgan fingerprint density at radius 1 is 0.661 bits per heavy atom. The van der Waals surface area contributed by atoms with Crippen molar-refractivity contribution in [1.29, 1.82) is 0 Å². The van der Waals surface area contributed by atoms with E-state index in [1.54, 1.807) is 26.2 Å². The summed E-state index contributed by atoms with van der Waals surface area (Å²) in [6.07, 6.45) is -0.860. The molecule has 10 heteroatoms. The zero-order valence-corrected chi connectivity index (χ0v) is 35.5. The molecule has 0 aliphatic heterocycles. The number of carbonyl (C=O) groups is 4. The molecule has 5 aromatic carbocycles. The quantitative estimate of drug-likeness (QED) is 0.0821. The largest absolute Gasteiger partial charge is 0.448 e. The molecule has 0 radical (unpaired) electrons. The molecule has 0 saturated carbocycles. The first-order chi connectivity index (χ1) is 28.2. The topological polar surface area (TPSA) is 96.5 Å². The van der Waals surface area contributed by atoms with E-state index in [1.165, 1.54) is 28.8 Å². The molecular formula is C49H52ClN3O6. The van der Waals surface area contributed by atoms with Crippen molar-refractivity contribution in [2.75, 3.05) is 34.8 Å². The summed E-state index contributed by atoms with van der Waals surface area (Å²) in [7, 11) is 6.16. The number of halogens is 1. The molecule has 0 N–H and O–H groups in total. The van der Waals surface area contributed by atoms with Crippen LogP contribution in [-0.4, -0.2) is 85.5 Å². The zero-order valence-electron chi connectivity index (χ0n) is 34.7. The lowest BCUT2D eigenvalue weighted by Crippen LogP contribution is -2.55. The SMILES string of the molecule is Cc1ccc(C(OC(=O)C[C@@H](C(=O)N(C)C)N(C)C(=O)[C@H](CC(C)C)N(C)C(=O)OCC2c3ccccc3-c3ccccc32)(c2ccccc2)c2ccccc2Cl)cc1. The lowest BCUT2D eigenvalue weighted by molar-refractivity contribution is -0.159. The lowest BCUT2D eigenvalue weighted by atomic mass is 9.79. The predicted octanol–water partition coefficient (Wildman–Crippen LogP) is 9.08. The van der Waals surface area contributed by atoms with Gasteiger partial charge in [-0.25, -0.2) is 4.79 Å². The van der Waals surface area contributed by atoms with Gasteiger partial charge in [-0.3, -0.25) is 19.3 Å². The second-order valence-electron chi connectivity index (χ2n) is 15.8. The third-order valence-electron chi connectivity index (χ3n) is 11.1. The highest BCUT2D eigenvalue weighted by molar-refractivity contribution is 6.31. The second-order valence-corrected chi connectivity index (χ2v) is 16.2.